The smallest absolute Gasteiger partial charge is 0.147 e. The van der Waals surface area contributed by atoms with E-state index in [2.05, 4.69) is 80.1 Å². The molecule has 0 atom stereocenters. The standard InChI is InChI=1S/C26H23N2O.C11H8N.Ir/c1-16-15-28-22(13-18(16)14-26(2,3)4)21-9-5-8-19-20-11-10-17-7-6-12-27-23(17)25(20)29-24(19)21;1-2-6-10(7-3-1)11-8-4-5-9-12-11;/h5-8,10-13,15H,14H2,1-4H3;1-6,8-9H;/q2*-1;. The summed E-state index contributed by atoms with van der Waals surface area (Å²) in [6, 6.07) is 34.6. The largest absolute Gasteiger partial charge is 0.498 e. The molecule has 1 radical (unpaired) electrons. The molecule has 0 bridgehead atoms. The molecule has 5 heteroatoms. The van der Waals surface area contributed by atoms with Gasteiger partial charge in [-0.3, -0.25) is 4.98 Å². The molecular weight excluding hydrogens is 695 g/mol. The predicted molar refractivity (Wildman–Crippen MR) is 167 cm³/mol. The van der Waals surface area contributed by atoms with E-state index in [0.29, 0.717) is 0 Å². The van der Waals surface area contributed by atoms with Crippen LogP contribution in [0.3, 0.4) is 0 Å². The first-order valence-corrected chi connectivity index (χ1v) is 13.8. The molecule has 4 aromatic heterocycles. The number of fused-ring (bicyclic) bond motifs is 5. The molecule has 7 rings (SSSR count). The Morgan fingerprint density at radius 1 is 0.738 bits per heavy atom. The Kier molecular flexibility index (Phi) is 8.63. The van der Waals surface area contributed by atoms with Crippen LogP contribution in [0.2, 0.25) is 0 Å². The summed E-state index contributed by atoms with van der Waals surface area (Å²) < 4.78 is 6.39. The molecule has 4 nitrogen and oxygen atoms in total. The summed E-state index contributed by atoms with van der Waals surface area (Å²) in [6.45, 7) is 8.91. The zero-order valence-corrected chi connectivity index (χ0v) is 26.5. The van der Waals surface area contributed by atoms with E-state index in [4.69, 9.17) is 9.40 Å². The van der Waals surface area contributed by atoms with Crippen LogP contribution in [0.5, 0.6) is 0 Å². The average Bonchev–Trinajstić information content (AvgIpc) is 3.38. The Balaban J connectivity index is 0.000000228. The minimum Gasteiger partial charge on any atom is -0.498 e. The van der Waals surface area contributed by atoms with Crippen LogP contribution in [-0.2, 0) is 26.5 Å². The summed E-state index contributed by atoms with van der Waals surface area (Å²) in [5, 5.41) is 3.22. The maximum atomic E-state index is 6.39. The van der Waals surface area contributed by atoms with Gasteiger partial charge in [0, 0.05) is 49.5 Å². The molecule has 0 unspecified atom stereocenters. The molecule has 0 aliphatic carbocycles. The number of aryl methyl sites for hydroxylation is 1. The normalized spacial score (nSPS) is 11.2. The Morgan fingerprint density at radius 2 is 1.55 bits per heavy atom. The molecule has 7 aromatic rings. The van der Waals surface area contributed by atoms with Gasteiger partial charge in [-0.1, -0.05) is 73.7 Å². The second kappa shape index (κ2) is 12.4. The van der Waals surface area contributed by atoms with Crippen molar-refractivity contribution in [1.82, 2.24) is 15.0 Å². The fourth-order valence-electron chi connectivity index (χ4n) is 5.07. The minimum absolute atomic E-state index is 0. The molecule has 42 heavy (non-hydrogen) atoms. The van der Waals surface area contributed by atoms with Crippen molar-refractivity contribution in [2.75, 3.05) is 0 Å². The molecule has 0 spiro atoms. The first-order valence-electron chi connectivity index (χ1n) is 13.8. The van der Waals surface area contributed by atoms with Crippen molar-refractivity contribution in [3.63, 3.8) is 0 Å². The van der Waals surface area contributed by atoms with E-state index in [9.17, 15) is 0 Å². The second-order valence-corrected chi connectivity index (χ2v) is 11.4. The monoisotopic (exact) mass is 726 g/mol. The van der Waals surface area contributed by atoms with Crippen molar-refractivity contribution in [2.24, 2.45) is 5.41 Å². The van der Waals surface area contributed by atoms with Crippen LogP contribution in [0.25, 0.3) is 55.4 Å². The van der Waals surface area contributed by atoms with Gasteiger partial charge in [0.25, 0.3) is 0 Å². The van der Waals surface area contributed by atoms with Crippen LogP contribution < -0.4 is 0 Å². The molecule has 0 aliphatic rings. The van der Waals surface area contributed by atoms with Crippen LogP contribution in [0, 0.1) is 24.5 Å². The van der Waals surface area contributed by atoms with Gasteiger partial charge in [0.15, 0.2) is 0 Å². The number of hydrogen-bond acceptors (Lipinski definition) is 4. The third-order valence-electron chi connectivity index (χ3n) is 7.01. The quantitative estimate of drug-likeness (QED) is 0.171. The summed E-state index contributed by atoms with van der Waals surface area (Å²) in [5.74, 6) is 0. The number of benzene rings is 3. The summed E-state index contributed by atoms with van der Waals surface area (Å²) in [6.07, 6.45) is 6.56. The minimum atomic E-state index is 0. The number of furan rings is 1. The fourth-order valence-corrected chi connectivity index (χ4v) is 5.07. The Bertz CT molecular complexity index is 1920. The number of aromatic nitrogens is 3. The first kappa shape index (κ1) is 29.3. The zero-order valence-electron chi connectivity index (χ0n) is 24.1. The predicted octanol–water partition coefficient (Wildman–Crippen LogP) is 9.44. The fraction of sp³-hybridized carbons (Fsp3) is 0.162. The number of pyridine rings is 3. The van der Waals surface area contributed by atoms with Gasteiger partial charge in [-0.2, -0.15) is 0 Å². The van der Waals surface area contributed by atoms with Gasteiger partial charge in [0.05, 0.1) is 5.58 Å². The van der Waals surface area contributed by atoms with Gasteiger partial charge in [-0.05, 0) is 47.8 Å². The van der Waals surface area contributed by atoms with E-state index in [0.717, 1.165) is 61.8 Å². The number of hydrogen-bond donors (Lipinski definition) is 0. The molecule has 0 saturated heterocycles. The van der Waals surface area contributed by atoms with Gasteiger partial charge >= 0.3 is 0 Å². The van der Waals surface area contributed by atoms with E-state index in [1.165, 1.54) is 11.1 Å². The van der Waals surface area contributed by atoms with Crippen molar-refractivity contribution < 1.29 is 24.5 Å². The summed E-state index contributed by atoms with van der Waals surface area (Å²) in [7, 11) is 0. The van der Waals surface area contributed by atoms with E-state index in [1.54, 1.807) is 6.20 Å². The zero-order chi connectivity index (χ0) is 28.4. The van der Waals surface area contributed by atoms with Crippen molar-refractivity contribution in [2.45, 2.75) is 34.1 Å². The molecule has 0 aliphatic heterocycles. The van der Waals surface area contributed by atoms with Gasteiger partial charge in [-0.15, -0.1) is 54.1 Å². The van der Waals surface area contributed by atoms with Crippen molar-refractivity contribution in [3.05, 3.63) is 127 Å². The average molecular weight is 726 g/mol. The molecule has 0 fully saturated rings. The van der Waals surface area contributed by atoms with E-state index in [-0.39, 0.29) is 25.5 Å². The van der Waals surface area contributed by atoms with Gasteiger partial charge < -0.3 is 14.4 Å². The van der Waals surface area contributed by atoms with Crippen molar-refractivity contribution in [3.8, 4) is 22.5 Å². The second-order valence-electron chi connectivity index (χ2n) is 11.4. The van der Waals surface area contributed by atoms with Gasteiger partial charge in [0.2, 0.25) is 0 Å². The van der Waals surface area contributed by atoms with Crippen LogP contribution in [-0.4, -0.2) is 15.0 Å². The maximum absolute atomic E-state index is 6.39. The van der Waals surface area contributed by atoms with E-state index < -0.39 is 0 Å². The Hall–Kier alpha value is -4.18. The molecule has 4 heterocycles. The van der Waals surface area contributed by atoms with Crippen LogP contribution >= 0.6 is 0 Å². The maximum Gasteiger partial charge on any atom is 0.147 e. The first-order chi connectivity index (χ1) is 19.9. The molecule has 0 amide bonds. The van der Waals surface area contributed by atoms with Crippen LogP contribution in [0.1, 0.15) is 31.9 Å². The summed E-state index contributed by atoms with van der Waals surface area (Å²) >= 11 is 0. The van der Waals surface area contributed by atoms with E-state index >= 15 is 0 Å². The van der Waals surface area contributed by atoms with Crippen molar-refractivity contribution in [1.29, 1.82) is 0 Å². The van der Waals surface area contributed by atoms with Crippen LogP contribution in [0.4, 0.5) is 0 Å². The van der Waals surface area contributed by atoms with Gasteiger partial charge in [-0.25, -0.2) is 0 Å². The molecule has 0 saturated carbocycles. The number of rotatable bonds is 3. The third kappa shape index (κ3) is 6.18. The molecular formula is C37H31IrN3O-2. The molecule has 0 N–H and O–H groups in total. The van der Waals surface area contributed by atoms with Gasteiger partial charge in [0.1, 0.15) is 11.1 Å². The third-order valence-corrected chi connectivity index (χ3v) is 7.01. The Labute approximate surface area is 260 Å². The Morgan fingerprint density at radius 3 is 2.31 bits per heavy atom. The topological polar surface area (TPSA) is 51.8 Å². The summed E-state index contributed by atoms with van der Waals surface area (Å²) in [5.41, 5.74) is 9.08. The SMILES string of the molecule is Cc1cnc(-c2[c-]ccc3c2oc2c3ccc3cccnc32)cc1CC(C)(C)C.[Ir].[c-]1ccccc1-c1ccccn1. The summed E-state index contributed by atoms with van der Waals surface area (Å²) in [4.78, 5) is 13.5. The van der Waals surface area contributed by atoms with Crippen molar-refractivity contribution >= 4 is 32.8 Å². The molecule has 3 aromatic carbocycles. The number of nitrogens with zero attached hydrogens (tertiary/aromatic N) is 3. The molecule has 211 valence electrons. The van der Waals surface area contributed by atoms with E-state index in [1.807, 2.05) is 67.0 Å². The van der Waals surface area contributed by atoms with Crippen LogP contribution in [0.15, 0.2) is 108 Å².